The first-order valence-electron chi connectivity index (χ1n) is 10.1. The van der Waals surface area contributed by atoms with Crippen molar-refractivity contribution < 1.29 is 9.15 Å². The number of rotatable bonds is 5. The van der Waals surface area contributed by atoms with Gasteiger partial charge in [0.05, 0.1) is 23.4 Å². The molecule has 0 aliphatic carbocycles. The Bertz CT molecular complexity index is 1450. The van der Waals surface area contributed by atoms with Crippen LogP contribution in [-0.2, 0) is 6.42 Å². The first-order chi connectivity index (χ1) is 15.1. The zero-order valence-corrected chi connectivity index (χ0v) is 17.0. The molecule has 0 fully saturated rings. The summed E-state index contributed by atoms with van der Waals surface area (Å²) in [5, 5.41) is 5.49. The first kappa shape index (κ1) is 18.9. The van der Waals surface area contributed by atoms with Crippen molar-refractivity contribution in [2.45, 2.75) is 13.3 Å². The van der Waals surface area contributed by atoms with Gasteiger partial charge < -0.3 is 14.9 Å². The minimum Gasteiger partial charge on any atom is -0.493 e. The van der Waals surface area contributed by atoms with Crippen molar-refractivity contribution >= 4 is 27.8 Å². The number of nitrogen functional groups attached to an aromatic ring is 1. The van der Waals surface area contributed by atoms with Crippen molar-refractivity contribution in [3.63, 3.8) is 0 Å². The van der Waals surface area contributed by atoms with E-state index >= 15 is 0 Å². The molecule has 0 bridgehead atoms. The lowest BCUT2D eigenvalue weighted by Gasteiger charge is -2.08. The fourth-order valence-electron chi connectivity index (χ4n) is 3.73. The smallest absolute Gasteiger partial charge is 0.234 e. The third-order valence-corrected chi connectivity index (χ3v) is 5.27. The van der Waals surface area contributed by atoms with E-state index in [4.69, 9.17) is 14.9 Å². The summed E-state index contributed by atoms with van der Waals surface area (Å²) in [6.07, 6.45) is 0.795. The Morgan fingerprint density at radius 1 is 1.03 bits per heavy atom. The molecule has 3 aromatic carbocycles. The molecule has 6 nitrogen and oxygen atoms in total. The predicted octanol–water partition coefficient (Wildman–Crippen LogP) is 4.64. The van der Waals surface area contributed by atoms with Crippen LogP contribution in [0.5, 0.6) is 5.75 Å². The monoisotopic (exact) mass is 411 g/mol. The number of aryl methyl sites for hydroxylation is 1. The third kappa shape index (κ3) is 3.53. The normalized spacial score (nSPS) is 11.3. The van der Waals surface area contributed by atoms with Crippen LogP contribution in [0.25, 0.3) is 27.8 Å². The van der Waals surface area contributed by atoms with Crippen molar-refractivity contribution in [3.8, 4) is 11.4 Å². The van der Waals surface area contributed by atoms with Crippen LogP contribution in [-0.4, -0.2) is 16.4 Å². The number of aromatic nitrogens is 2. The summed E-state index contributed by atoms with van der Waals surface area (Å²) in [5.41, 5.74) is 9.82. The molecule has 2 heterocycles. The summed E-state index contributed by atoms with van der Waals surface area (Å²) in [6.45, 7) is 2.33. The van der Waals surface area contributed by atoms with Crippen LogP contribution < -0.4 is 15.9 Å². The molecule has 5 aromatic rings. The second-order valence-electron chi connectivity index (χ2n) is 7.45. The van der Waals surface area contributed by atoms with Crippen molar-refractivity contribution in [1.82, 2.24) is 9.78 Å². The molecule has 154 valence electrons. The van der Waals surface area contributed by atoms with Crippen molar-refractivity contribution in [1.29, 1.82) is 0 Å². The highest BCUT2D eigenvalue weighted by atomic mass is 16.5. The van der Waals surface area contributed by atoms with E-state index in [1.807, 2.05) is 30.3 Å². The molecule has 0 aliphatic rings. The van der Waals surface area contributed by atoms with Gasteiger partial charge in [-0.05, 0) is 42.8 Å². The van der Waals surface area contributed by atoms with Crippen LogP contribution in [0.3, 0.4) is 0 Å². The lowest BCUT2D eigenvalue weighted by Crippen LogP contribution is -2.05. The molecule has 0 unspecified atom stereocenters. The molecule has 0 saturated carbocycles. The van der Waals surface area contributed by atoms with E-state index in [0.29, 0.717) is 45.8 Å². The third-order valence-electron chi connectivity index (χ3n) is 5.27. The maximum atomic E-state index is 13.2. The molecule has 2 N–H and O–H groups in total. The molecule has 0 aliphatic heterocycles. The first-order valence-corrected chi connectivity index (χ1v) is 10.1. The summed E-state index contributed by atoms with van der Waals surface area (Å²) < 4.78 is 13.7. The molecule has 0 amide bonds. The lowest BCUT2D eigenvalue weighted by atomic mass is 10.1. The van der Waals surface area contributed by atoms with Gasteiger partial charge in [-0.1, -0.05) is 36.4 Å². The van der Waals surface area contributed by atoms with Gasteiger partial charge in [0.15, 0.2) is 0 Å². The average molecular weight is 411 g/mol. The number of benzene rings is 3. The minimum absolute atomic E-state index is 0.111. The van der Waals surface area contributed by atoms with Gasteiger partial charge in [0.1, 0.15) is 16.7 Å². The van der Waals surface area contributed by atoms with Gasteiger partial charge in [0.25, 0.3) is 0 Å². The van der Waals surface area contributed by atoms with Crippen molar-refractivity contribution in [3.05, 3.63) is 94.3 Å². The number of nitrogens with zero attached hydrogens (tertiary/aromatic N) is 2. The van der Waals surface area contributed by atoms with E-state index in [1.54, 1.807) is 41.9 Å². The van der Waals surface area contributed by atoms with Crippen molar-refractivity contribution in [2.75, 3.05) is 12.3 Å². The van der Waals surface area contributed by atoms with E-state index in [0.717, 1.165) is 12.1 Å². The van der Waals surface area contributed by atoms with Gasteiger partial charge in [0.2, 0.25) is 11.1 Å². The van der Waals surface area contributed by atoms with Crippen LogP contribution in [0.1, 0.15) is 11.3 Å². The van der Waals surface area contributed by atoms with Gasteiger partial charge in [-0.15, -0.1) is 0 Å². The second kappa shape index (κ2) is 7.65. The summed E-state index contributed by atoms with van der Waals surface area (Å²) in [4.78, 5) is 13.2. The van der Waals surface area contributed by atoms with Crippen LogP contribution >= 0.6 is 0 Å². The molecule has 0 radical (unpaired) electrons. The summed E-state index contributed by atoms with van der Waals surface area (Å²) >= 11 is 0. The Hall–Kier alpha value is -4.06. The molecule has 0 spiro atoms. The Morgan fingerprint density at radius 3 is 2.68 bits per heavy atom. The van der Waals surface area contributed by atoms with Gasteiger partial charge in [-0.2, -0.15) is 9.78 Å². The summed E-state index contributed by atoms with van der Waals surface area (Å²) in [5.74, 6) is 0.651. The predicted molar refractivity (Wildman–Crippen MR) is 122 cm³/mol. The molecule has 6 heteroatoms. The fraction of sp³-hybridized carbons (Fsp3) is 0.120. The van der Waals surface area contributed by atoms with Crippen LogP contribution in [0, 0.1) is 6.92 Å². The van der Waals surface area contributed by atoms with Gasteiger partial charge >= 0.3 is 0 Å². The Balaban J connectivity index is 1.54. The van der Waals surface area contributed by atoms with Gasteiger partial charge in [0, 0.05) is 18.2 Å². The number of ether oxygens (including phenoxy) is 1. The molecule has 5 rings (SSSR count). The SMILES string of the molecule is Cc1nn(-c2cccc(N)c2)c2oc3cc(OCCc4ccccc4)ccc3c(=O)c12. The zero-order chi connectivity index (χ0) is 21.4. The van der Waals surface area contributed by atoms with Crippen LogP contribution in [0.2, 0.25) is 0 Å². The van der Waals surface area contributed by atoms with E-state index in [2.05, 4.69) is 17.2 Å². The molecule has 0 atom stereocenters. The topological polar surface area (TPSA) is 83.3 Å². The number of anilines is 1. The molecule has 2 aromatic heterocycles. The quantitative estimate of drug-likeness (QED) is 0.426. The highest BCUT2D eigenvalue weighted by molar-refractivity contribution is 5.90. The Morgan fingerprint density at radius 2 is 1.87 bits per heavy atom. The maximum absolute atomic E-state index is 13.2. The highest BCUT2D eigenvalue weighted by Gasteiger charge is 2.18. The number of fused-ring (bicyclic) bond motifs is 2. The Labute approximate surface area is 178 Å². The summed E-state index contributed by atoms with van der Waals surface area (Å²) in [7, 11) is 0. The number of nitrogens with two attached hydrogens (primary N) is 1. The maximum Gasteiger partial charge on any atom is 0.234 e. The minimum atomic E-state index is -0.111. The molecule has 0 saturated heterocycles. The number of hydrogen-bond donors (Lipinski definition) is 1. The standard InChI is InChI=1S/C25H21N3O3/c1-16-23-24(29)21-11-10-20(30-13-12-17-6-3-2-4-7-17)15-22(21)31-25(23)28(27-16)19-9-5-8-18(26)14-19/h2-11,14-15H,12-13,26H2,1H3. The number of hydrogen-bond acceptors (Lipinski definition) is 5. The van der Waals surface area contributed by atoms with E-state index < -0.39 is 0 Å². The average Bonchev–Trinajstić information content (AvgIpc) is 3.11. The van der Waals surface area contributed by atoms with E-state index in [9.17, 15) is 4.79 Å². The molecular formula is C25H21N3O3. The molecular weight excluding hydrogens is 390 g/mol. The van der Waals surface area contributed by atoms with E-state index in [-0.39, 0.29) is 5.43 Å². The van der Waals surface area contributed by atoms with Gasteiger partial charge in [-0.25, -0.2) is 0 Å². The highest BCUT2D eigenvalue weighted by Crippen LogP contribution is 2.26. The summed E-state index contributed by atoms with van der Waals surface area (Å²) in [6, 6.07) is 22.8. The van der Waals surface area contributed by atoms with Crippen LogP contribution in [0.15, 0.2) is 82.0 Å². The largest absolute Gasteiger partial charge is 0.493 e. The second-order valence-corrected chi connectivity index (χ2v) is 7.45. The lowest BCUT2D eigenvalue weighted by molar-refractivity contribution is 0.322. The Kier molecular flexibility index (Phi) is 4.67. The van der Waals surface area contributed by atoms with E-state index in [1.165, 1.54) is 5.56 Å². The van der Waals surface area contributed by atoms with Crippen LogP contribution in [0.4, 0.5) is 5.69 Å². The van der Waals surface area contributed by atoms with Crippen molar-refractivity contribution in [2.24, 2.45) is 0 Å². The van der Waals surface area contributed by atoms with Gasteiger partial charge in [-0.3, -0.25) is 4.79 Å². The molecule has 31 heavy (non-hydrogen) atoms. The zero-order valence-electron chi connectivity index (χ0n) is 17.0. The fourth-order valence-corrected chi connectivity index (χ4v) is 3.73.